The molecule has 1 unspecified atom stereocenters. The molecule has 1 nitrogen and oxygen atoms in total. The maximum Gasteiger partial charge on any atom is 0.123 e. The minimum atomic E-state index is -0.171. The van der Waals surface area contributed by atoms with Gasteiger partial charge in [0.2, 0.25) is 0 Å². The van der Waals surface area contributed by atoms with Crippen molar-refractivity contribution in [3.8, 4) is 0 Å². The Morgan fingerprint density at radius 1 is 1.45 bits per heavy atom. The first-order valence-electron chi connectivity index (χ1n) is 3.64. The van der Waals surface area contributed by atoms with Gasteiger partial charge in [-0.25, -0.2) is 4.39 Å². The van der Waals surface area contributed by atoms with E-state index in [-0.39, 0.29) is 11.9 Å². The predicted octanol–water partition coefficient (Wildman–Crippen LogP) is 2.21. The van der Waals surface area contributed by atoms with Gasteiger partial charge < -0.3 is 4.74 Å². The minimum Gasteiger partial charge on any atom is -0.368 e. The number of hydrogen-bond donors (Lipinski definition) is 0. The van der Waals surface area contributed by atoms with Crippen molar-refractivity contribution in [1.82, 2.24) is 0 Å². The summed E-state index contributed by atoms with van der Waals surface area (Å²) < 4.78 is 17.8. The van der Waals surface area contributed by atoms with E-state index in [1.165, 1.54) is 12.1 Å². The Balaban J connectivity index is 2.39. The lowest BCUT2D eigenvalue weighted by Gasteiger charge is -1.97. The third-order valence-electron chi connectivity index (χ3n) is 1.77. The zero-order chi connectivity index (χ0) is 7.84. The second-order valence-corrected chi connectivity index (χ2v) is 2.88. The molecule has 0 radical (unpaired) electrons. The Labute approximate surface area is 64.8 Å². The van der Waals surface area contributed by atoms with Crippen LogP contribution in [0.1, 0.15) is 17.2 Å². The van der Waals surface area contributed by atoms with Crippen molar-refractivity contribution < 1.29 is 9.13 Å². The lowest BCUT2D eigenvalue weighted by Crippen LogP contribution is -1.85. The number of aryl methyl sites for hydroxylation is 1. The molecule has 0 spiro atoms. The quantitative estimate of drug-likeness (QED) is 0.562. The minimum absolute atomic E-state index is 0.157. The van der Waals surface area contributed by atoms with Crippen molar-refractivity contribution in [2.45, 2.75) is 13.0 Å². The van der Waals surface area contributed by atoms with Gasteiger partial charge in [-0.15, -0.1) is 0 Å². The van der Waals surface area contributed by atoms with E-state index < -0.39 is 0 Å². The van der Waals surface area contributed by atoms with Gasteiger partial charge in [0.15, 0.2) is 0 Å². The first-order valence-corrected chi connectivity index (χ1v) is 3.64. The van der Waals surface area contributed by atoms with Gasteiger partial charge >= 0.3 is 0 Å². The molecule has 0 saturated carbocycles. The lowest BCUT2D eigenvalue weighted by molar-refractivity contribution is 0.414. The Morgan fingerprint density at radius 2 is 2.18 bits per heavy atom. The summed E-state index contributed by atoms with van der Waals surface area (Å²) in [6.45, 7) is 2.62. The summed E-state index contributed by atoms with van der Waals surface area (Å²) in [5.41, 5.74) is 1.91. The van der Waals surface area contributed by atoms with Crippen LogP contribution in [0.2, 0.25) is 0 Å². The van der Waals surface area contributed by atoms with Gasteiger partial charge in [0, 0.05) is 0 Å². The molecule has 1 aromatic carbocycles. The first-order chi connectivity index (χ1) is 5.25. The van der Waals surface area contributed by atoms with Gasteiger partial charge in [0.25, 0.3) is 0 Å². The van der Waals surface area contributed by atoms with Crippen LogP contribution < -0.4 is 0 Å². The van der Waals surface area contributed by atoms with Gasteiger partial charge in [-0.3, -0.25) is 0 Å². The van der Waals surface area contributed by atoms with Gasteiger partial charge in [-0.1, -0.05) is 6.07 Å². The van der Waals surface area contributed by atoms with E-state index in [9.17, 15) is 4.39 Å². The van der Waals surface area contributed by atoms with Crippen molar-refractivity contribution in [2.24, 2.45) is 0 Å². The molecular weight excluding hydrogens is 143 g/mol. The average Bonchev–Trinajstić information content (AvgIpc) is 2.64. The van der Waals surface area contributed by atoms with E-state index in [1.54, 1.807) is 0 Å². The normalized spacial score (nSPS) is 21.8. The van der Waals surface area contributed by atoms with Crippen molar-refractivity contribution >= 4 is 0 Å². The second kappa shape index (κ2) is 2.31. The van der Waals surface area contributed by atoms with E-state index in [4.69, 9.17) is 4.74 Å². The van der Waals surface area contributed by atoms with Crippen LogP contribution >= 0.6 is 0 Å². The van der Waals surface area contributed by atoms with Crippen molar-refractivity contribution in [2.75, 3.05) is 6.61 Å². The van der Waals surface area contributed by atoms with Crippen LogP contribution in [0.3, 0.4) is 0 Å². The second-order valence-electron chi connectivity index (χ2n) is 2.88. The third kappa shape index (κ3) is 1.40. The smallest absolute Gasteiger partial charge is 0.123 e. The highest BCUT2D eigenvalue weighted by Gasteiger charge is 2.25. The van der Waals surface area contributed by atoms with E-state index >= 15 is 0 Å². The van der Waals surface area contributed by atoms with Gasteiger partial charge in [-0.05, 0) is 30.2 Å². The Bertz CT molecular complexity index is 259. The fourth-order valence-electron chi connectivity index (χ4n) is 1.19. The number of epoxide rings is 1. The number of benzene rings is 1. The summed E-state index contributed by atoms with van der Waals surface area (Å²) in [5.74, 6) is -0.171. The zero-order valence-corrected chi connectivity index (χ0v) is 6.30. The van der Waals surface area contributed by atoms with Crippen molar-refractivity contribution in [3.63, 3.8) is 0 Å². The average molecular weight is 152 g/mol. The SMILES string of the molecule is Cc1cc(F)cc(C2CO2)c1. The van der Waals surface area contributed by atoms with Gasteiger partial charge in [0.1, 0.15) is 11.9 Å². The lowest BCUT2D eigenvalue weighted by atomic mass is 10.1. The Kier molecular flexibility index (Phi) is 1.43. The number of halogens is 1. The number of hydrogen-bond acceptors (Lipinski definition) is 1. The van der Waals surface area contributed by atoms with Crippen LogP contribution in [0.25, 0.3) is 0 Å². The first kappa shape index (κ1) is 6.80. The molecule has 1 heterocycles. The molecule has 0 aromatic heterocycles. The molecule has 1 saturated heterocycles. The summed E-state index contributed by atoms with van der Waals surface area (Å²) in [5, 5.41) is 0. The molecule has 1 aliphatic heterocycles. The summed E-state index contributed by atoms with van der Waals surface area (Å²) >= 11 is 0. The molecular formula is C9H9FO. The zero-order valence-electron chi connectivity index (χ0n) is 6.30. The fraction of sp³-hybridized carbons (Fsp3) is 0.333. The molecule has 0 amide bonds. The maximum absolute atomic E-state index is 12.8. The molecule has 1 atom stereocenters. The van der Waals surface area contributed by atoms with Crippen LogP contribution in [0.4, 0.5) is 4.39 Å². The number of rotatable bonds is 1. The van der Waals surface area contributed by atoms with Crippen molar-refractivity contribution in [3.05, 3.63) is 35.1 Å². The van der Waals surface area contributed by atoms with E-state index in [1.807, 2.05) is 13.0 Å². The molecule has 0 bridgehead atoms. The summed E-state index contributed by atoms with van der Waals surface area (Å²) in [6.07, 6.45) is 0.157. The molecule has 11 heavy (non-hydrogen) atoms. The van der Waals surface area contributed by atoms with Gasteiger partial charge in [0.05, 0.1) is 6.61 Å². The largest absolute Gasteiger partial charge is 0.368 e. The van der Waals surface area contributed by atoms with E-state index in [0.717, 1.165) is 17.7 Å². The Morgan fingerprint density at radius 3 is 2.73 bits per heavy atom. The van der Waals surface area contributed by atoms with Crippen LogP contribution in [-0.2, 0) is 4.74 Å². The molecule has 0 aliphatic carbocycles. The molecule has 2 heteroatoms. The molecule has 0 N–H and O–H groups in total. The van der Waals surface area contributed by atoms with Gasteiger partial charge in [-0.2, -0.15) is 0 Å². The molecule has 1 fully saturated rings. The van der Waals surface area contributed by atoms with E-state index in [2.05, 4.69) is 0 Å². The van der Waals surface area contributed by atoms with E-state index in [0.29, 0.717) is 0 Å². The monoisotopic (exact) mass is 152 g/mol. The molecule has 1 aromatic rings. The maximum atomic E-state index is 12.8. The van der Waals surface area contributed by atoms with Crippen LogP contribution in [0.15, 0.2) is 18.2 Å². The topological polar surface area (TPSA) is 12.5 Å². The van der Waals surface area contributed by atoms with Crippen LogP contribution in [0.5, 0.6) is 0 Å². The number of ether oxygens (including phenoxy) is 1. The summed E-state index contributed by atoms with van der Waals surface area (Å²) in [4.78, 5) is 0. The summed E-state index contributed by atoms with van der Waals surface area (Å²) in [6, 6.07) is 5.01. The Hall–Kier alpha value is -0.890. The van der Waals surface area contributed by atoms with Crippen LogP contribution in [0, 0.1) is 12.7 Å². The third-order valence-corrected chi connectivity index (χ3v) is 1.77. The molecule has 2 rings (SSSR count). The highest BCUT2D eigenvalue weighted by atomic mass is 19.1. The fourth-order valence-corrected chi connectivity index (χ4v) is 1.19. The van der Waals surface area contributed by atoms with Crippen molar-refractivity contribution in [1.29, 1.82) is 0 Å². The molecule has 58 valence electrons. The highest BCUT2D eigenvalue weighted by Crippen LogP contribution is 2.30. The predicted molar refractivity (Wildman–Crippen MR) is 39.8 cm³/mol. The van der Waals surface area contributed by atoms with Crippen LogP contribution in [-0.4, -0.2) is 6.61 Å². The summed E-state index contributed by atoms with van der Waals surface area (Å²) in [7, 11) is 0. The molecule has 1 aliphatic rings. The highest BCUT2D eigenvalue weighted by molar-refractivity contribution is 5.27. The standard InChI is InChI=1S/C9H9FO/c1-6-2-7(9-5-11-9)4-8(10)3-6/h2-4,9H,5H2,1H3.